The maximum atomic E-state index is 13.2. The second-order valence-corrected chi connectivity index (χ2v) is 3.81. The fourth-order valence-corrected chi connectivity index (χ4v) is 1.26. The number of hydrogen-bond donors (Lipinski definition) is 0. The lowest BCUT2D eigenvalue weighted by Crippen LogP contribution is -2.22. The third-order valence-electron chi connectivity index (χ3n) is 1.77. The van der Waals surface area contributed by atoms with Crippen molar-refractivity contribution in [3.05, 3.63) is 34.4 Å². The van der Waals surface area contributed by atoms with Gasteiger partial charge in [0.2, 0.25) is 0 Å². The van der Waals surface area contributed by atoms with Crippen LogP contribution in [0.3, 0.4) is 0 Å². The zero-order chi connectivity index (χ0) is 11.6. The molecule has 0 saturated carbocycles. The van der Waals surface area contributed by atoms with Crippen LogP contribution in [-0.4, -0.2) is 31.3 Å². The molecule has 0 fully saturated rings. The first-order valence-electron chi connectivity index (χ1n) is 4.24. The Labute approximate surface area is 91.4 Å². The molecular formula is C10H10ClF2NO. The van der Waals surface area contributed by atoms with Crippen LogP contribution in [-0.2, 0) is 0 Å². The van der Waals surface area contributed by atoms with Gasteiger partial charge in [-0.1, -0.05) is 11.6 Å². The van der Waals surface area contributed by atoms with E-state index in [-0.39, 0.29) is 17.1 Å². The molecule has 82 valence electrons. The van der Waals surface area contributed by atoms with Gasteiger partial charge in [-0.15, -0.1) is 0 Å². The Bertz CT molecular complexity index is 393. The molecule has 0 amide bonds. The molecule has 0 atom stereocenters. The van der Waals surface area contributed by atoms with Crippen LogP contribution in [0.2, 0.25) is 5.02 Å². The van der Waals surface area contributed by atoms with Gasteiger partial charge in [0.15, 0.2) is 5.78 Å². The van der Waals surface area contributed by atoms with E-state index in [0.29, 0.717) is 0 Å². The summed E-state index contributed by atoms with van der Waals surface area (Å²) in [5.74, 6) is -2.07. The first-order valence-corrected chi connectivity index (χ1v) is 4.62. The van der Waals surface area contributed by atoms with E-state index >= 15 is 0 Å². The monoisotopic (exact) mass is 233 g/mol. The third-order valence-corrected chi connectivity index (χ3v) is 2.06. The third kappa shape index (κ3) is 2.97. The highest BCUT2D eigenvalue weighted by atomic mass is 35.5. The maximum absolute atomic E-state index is 13.2. The summed E-state index contributed by atoms with van der Waals surface area (Å²) in [5, 5.41) is -0.325. The van der Waals surface area contributed by atoms with Gasteiger partial charge in [0, 0.05) is 0 Å². The van der Waals surface area contributed by atoms with E-state index in [1.807, 2.05) is 0 Å². The predicted molar refractivity (Wildman–Crippen MR) is 54.3 cm³/mol. The summed E-state index contributed by atoms with van der Waals surface area (Å²) in [6.45, 7) is 0.0258. The molecule has 0 unspecified atom stereocenters. The van der Waals surface area contributed by atoms with Gasteiger partial charge in [0.25, 0.3) is 0 Å². The molecule has 0 spiro atoms. The zero-order valence-electron chi connectivity index (χ0n) is 8.35. The minimum Gasteiger partial charge on any atom is -0.302 e. The number of benzene rings is 1. The van der Waals surface area contributed by atoms with Gasteiger partial charge in [0.1, 0.15) is 11.6 Å². The number of rotatable bonds is 3. The summed E-state index contributed by atoms with van der Waals surface area (Å²) in [4.78, 5) is 13.0. The van der Waals surface area contributed by atoms with E-state index in [1.165, 1.54) is 0 Å². The Kier molecular flexibility index (Phi) is 3.77. The largest absolute Gasteiger partial charge is 0.302 e. The molecule has 0 saturated heterocycles. The number of carbonyl (C=O) groups is 1. The molecule has 0 heterocycles. The van der Waals surface area contributed by atoms with Crippen molar-refractivity contribution in [3.8, 4) is 0 Å². The van der Waals surface area contributed by atoms with Gasteiger partial charge in [-0.25, -0.2) is 8.78 Å². The number of carbonyl (C=O) groups excluding carboxylic acids is 1. The molecule has 0 radical (unpaired) electrons. The Balaban J connectivity index is 3.04. The van der Waals surface area contributed by atoms with E-state index in [0.717, 1.165) is 12.1 Å². The number of nitrogens with zero attached hydrogens (tertiary/aromatic N) is 1. The molecule has 0 aromatic heterocycles. The van der Waals surface area contributed by atoms with Gasteiger partial charge < -0.3 is 4.90 Å². The lowest BCUT2D eigenvalue weighted by atomic mass is 10.1. The average Bonchev–Trinajstić information content (AvgIpc) is 2.09. The van der Waals surface area contributed by atoms with Gasteiger partial charge >= 0.3 is 0 Å². The molecule has 0 aliphatic carbocycles. The van der Waals surface area contributed by atoms with Crippen molar-refractivity contribution < 1.29 is 13.6 Å². The van der Waals surface area contributed by atoms with Gasteiger partial charge in [-0.05, 0) is 26.2 Å². The van der Waals surface area contributed by atoms with Crippen LogP contribution in [0.1, 0.15) is 10.4 Å². The van der Waals surface area contributed by atoms with Crippen LogP contribution in [0.4, 0.5) is 8.78 Å². The molecule has 1 rings (SSSR count). The Morgan fingerprint density at radius 2 is 1.93 bits per heavy atom. The second-order valence-electron chi connectivity index (χ2n) is 3.41. The molecule has 0 aliphatic rings. The van der Waals surface area contributed by atoms with Crippen molar-refractivity contribution in [3.63, 3.8) is 0 Å². The zero-order valence-corrected chi connectivity index (χ0v) is 9.11. The van der Waals surface area contributed by atoms with Gasteiger partial charge in [-0.2, -0.15) is 0 Å². The summed E-state index contributed by atoms with van der Waals surface area (Å²) in [5.41, 5.74) is -0.273. The predicted octanol–water partition coefficient (Wildman–Crippen LogP) is 2.36. The first kappa shape index (κ1) is 12.1. The first-order chi connectivity index (χ1) is 6.91. The molecular weight excluding hydrogens is 224 g/mol. The fourth-order valence-electron chi connectivity index (χ4n) is 1.11. The maximum Gasteiger partial charge on any atom is 0.179 e. The van der Waals surface area contributed by atoms with Crippen LogP contribution in [0.25, 0.3) is 0 Å². The second kappa shape index (κ2) is 4.68. The molecule has 1 aromatic rings. The highest BCUT2D eigenvalue weighted by Crippen LogP contribution is 2.19. The van der Waals surface area contributed by atoms with Crippen molar-refractivity contribution in [2.45, 2.75) is 0 Å². The van der Waals surface area contributed by atoms with E-state index in [1.54, 1.807) is 19.0 Å². The van der Waals surface area contributed by atoms with Gasteiger partial charge in [0.05, 0.1) is 17.1 Å². The van der Waals surface area contributed by atoms with E-state index in [4.69, 9.17) is 11.6 Å². The fraction of sp³-hybridized carbons (Fsp3) is 0.300. The van der Waals surface area contributed by atoms with Crippen molar-refractivity contribution >= 4 is 17.4 Å². The van der Waals surface area contributed by atoms with E-state index in [9.17, 15) is 13.6 Å². The Hall–Kier alpha value is -1.00. The molecule has 2 nitrogen and oxygen atoms in total. The number of likely N-dealkylation sites (N-methyl/N-ethyl adjacent to an activating group) is 1. The minimum absolute atomic E-state index is 0.0258. The van der Waals surface area contributed by atoms with Crippen molar-refractivity contribution in [1.29, 1.82) is 0 Å². The smallest absolute Gasteiger partial charge is 0.179 e. The summed E-state index contributed by atoms with van der Waals surface area (Å²) in [6, 6.07) is 1.63. The van der Waals surface area contributed by atoms with Crippen molar-refractivity contribution in [2.24, 2.45) is 0 Å². The van der Waals surface area contributed by atoms with E-state index in [2.05, 4.69) is 0 Å². The van der Waals surface area contributed by atoms with Crippen LogP contribution in [0, 0.1) is 11.6 Å². The quantitative estimate of drug-likeness (QED) is 0.590. The normalized spacial score (nSPS) is 10.8. The summed E-state index contributed by atoms with van der Waals surface area (Å²) < 4.78 is 26.2. The highest BCUT2D eigenvalue weighted by molar-refractivity contribution is 6.30. The lowest BCUT2D eigenvalue weighted by molar-refractivity contribution is 0.0953. The minimum atomic E-state index is -0.798. The average molecular weight is 234 g/mol. The summed E-state index contributed by atoms with van der Waals surface area (Å²) in [7, 11) is 3.34. The SMILES string of the molecule is CN(C)CC(=O)c1cc(F)c(Cl)cc1F. The molecule has 0 aliphatic heterocycles. The molecule has 0 bridgehead atoms. The van der Waals surface area contributed by atoms with Crippen molar-refractivity contribution in [2.75, 3.05) is 20.6 Å². The number of Topliss-reactive ketones (excluding diaryl/α,β-unsaturated/α-hetero) is 1. The topological polar surface area (TPSA) is 20.3 Å². The number of halogens is 3. The summed E-state index contributed by atoms with van der Waals surface area (Å²) >= 11 is 5.36. The molecule has 0 N–H and O–H groups in total. The van der Waals surface area contributed by atoms with E-state index < -0.39 is 17.4 Å². The Morgan fingerprint density at radius 3 is 2.47 bits per heavy atom. The van der Waals surface area contributed by atoms with Crippen LogP contribution >= 0.6 is 11.6 Å². The lowest BCUT2D eigenvalue weighted by Gasteiger charge is -2.09. The summed E-state index contributed by atoms with van der Waals surface area (Å²) in [6.07, 6.45) is 0. The highest BCUT2D eigenvalue weighted by Gasteiger charge is 2.15. The number of ketones is 1. The van der Waals surface area contributed by atoms with Crippen LogP contribution in [0.15, 0.2) is 12.1 Å². The van der Waals surface area contributed by atoms with Gasteiger partial charge in [-0.3, -0.25) is 4.79 Å². The molecule has 5 heteroatoms. The standard InChI is InChI=1S/C10H10ClF2NO/c1-14(2)5-10(15)6-3-9(13)7(11)4-8(6)12/h3-4H,5H2,1-2H3. The molecule has 1 aromatic carbocycles. The van der Waals surface area contributed by atoms with Crippen LogP contribution in [0.5, 0.6) is 0 Å². The van der Waals surface area contributed by atoms with Crippen molar-refractivity contribution in [1.82, 2.24) is 4.90 Å². The van der Waals surface area contributed by atoms with Crippen LogP contribution < -0.4 is 0 Å². The number of hydrogen-bond acceptors (Lipinski definition) is 2. The Morgan fingerprint density at radius 1 is 1.33 bits per heavy atom. The molecule has 15 heavy (non-hydrogen) atoms.